The van der Waals surface area contributed by atoms with Gasteiger partial charge in [0, 0.05) is 18.3 Å². The Bertz CT molecular complexity index is 1190. The largest absolute Gasteiger partial charge is 0.493 e. The summed E-state index contributed by atoms with van der Waals surface area (Å²) in [6.45, 7) is 0. The van der Waals surface area contributed by atoms with Gasteiger partial charge in [-0.25, -0.2) is 0 Å². The molecule has 0 saturated heterocycles. The molecule has 0 amide bonds. The Labute approximate surface area is 193 Å². The maximum atomic E-state index is 12.2. The van der Waals surface area contributed by atoms with Gasteiger partial charge >= 0.3 is 11.9 Å². The van der Waals surface area contributed by atoms with E-state index in [0.717, 1.165) is 33.0 Å². The van der Waals surface area contributed by atoms with Crippen LogP contribution in [0.5, 0.6) is 11.5 Å². The van der Waals surface area contributed by atoms with Crippen molar-refractivity contribution >= 4 is 22.7 Å². The minimum atomic E-state index is -0.587. The van der Waals surface area contributed by atoms with Crippen molar-refractivity contribution < 1.29 is 28.5 Å². The summed E-state index contributed by atoms with van der Waals surface area (Å²) in [5, 5.41) is 2.22. The molecule has 0 atom stereocenters. The Balaban J connectivity index is 2.00. The third kappa shape index (κ3) is 3.90. The molecule has 6 nitrogen and oxygen atoms in total. The molecule has 33 heavy (non-hydrogen) atoms. The number of rotatable bonds is 8. The maximum Gasteiger partial charge on any atom is 0.305 e. The van der Waals surface area contributed by atoms with Crippen LogP contribution in [0, 0.1) is 0 Å². The van der Waals surface area contributed by atoms with Gasteiger partial charge in [-0.05, 0) is 70.1 Å². The Morgan fingerprint density at radius 1 is 0.697 bits per heavy atom. The second kappa shape index (κ2) is 9.14. The minimum absolute atomic E-state index is 0.220. The molecule has 4 rings (SSSR count). The van der Waals surface area contributed by atoms with E-state index in [-0.39, 0.29) is 24.8 Å². The molecular formula is C27H28O6. The van der Waals surface area contributed by atoms with Crippen LogP contribution in [0.3, 0.4) is 0 Å². The van der Waals surface area contributed by atoms with Gasteiger partial charge < -0.3 is 18.9 Å². The molecule has 3 aromatic carbocycles. The van der Waals surface area contributed by atoms with E-state index in [0.29, 0.717) is 24.3 Å². The van der Waals surface area contributed by atoms with Crippen molar-refractivity contribution in [2.45, 2.75) is 31.1 Å². The summed E-state index contributed by atoms with van der Waals surface area (Å²) in [5.41, 5.74) is 3.59. The van der Waals surface area contributed by atoms with Crippen LogP contribution in [0.25, 0.3) is 21.9 Å². The molecule has 6 heteroatoms. The molecule has 0 fully saturated rings. The fourth-order valence-electron chi connectivity index (χ4n) is 5.00. The summed E-state index contributed by atoms with van der Waals surface area (Å²) in [4.78, 5) is 24.4. The topological polar surface area (TPSA) is 71.1 Å². The van der Waals surface area contributed by atoms with E-state index in [2.05, 4.69) is 24.3 Å². The van der Waals surface area contributed by atoms with Crippen molar-refractivity contribution in [3.05, 3.63) is 59.7 Å². The first-order valence-electron chi connectivity index (χ1n) is 10.9. The Hall–Kier alpha value is -3.54. The highest BCUT2D eigenvalue weighted by Crippen LogP contribution is 2.57. The third-order valence-corrected chi connectivity index (χ3v) is 6.70. The van der Waals surface area contributed by atoms with Crippen LogP contribution >= 0.6 is 0 Å². The number of benzene rings is 3. The van der Waals surface area contributed by atoms with Crippen LogP contribution in [0.15, 0.2) is 48.5 Å². The Morgan fingerprint density at radius 3 is 1.73 bits per heavy atom. The first-order valence-corrected chi connectivity index (χ1v) is 10.9. The van der Waals surface area contributed by atoms with E-state index in [9.17, 15) is 9.59 Å². The first-order chi connectivity index (χ1) is 16.0. The number of carbonyl (C=O) groups is 2. The summed E-state index contributed by atoms with van der Waals surface area (Å²) < 4.78 is 21.1. The van der Waals surface area contributed by atoms with Gasteiger partial charge in [0.2, 0.25) is 0 Å². The lowest BCUT2D eigenvalue weighted by Gasteiger charge is -2.32. The standard InChI is InChI=1S/C27H28O6/c1-30-23-15-20-19-13-17-7-5-6-8-18(17)14-21(19)27(11-9-25(28)32-3,12-10-26(29)33-4)22(20)16-24(23)31-2/h5-8,13-16H,9-12H2,1-4H3. The number of methoxy groups -OCH3 is 4. The second-order valence-electron chi connectivity index (χ2n) is 8.23. The average molecular weight is 449 g/mol. The zero-order valence-electron chi connectivity index (χ0n) is 19.4. The van der Waals surface area contributed by atoms with Crippen LogP contribution in [0.4, 0.5) is 0 Å². The van der Waals surface area contributed by atoms with E-state index >= 15 is 0 Å². The van der Waals surface area contributed by atoms with Gasteiger partial charge in [-0.15, -0.1) is 0 Å². The van der Waals surface area contributed by atoms with Gasteiger partial charge in [-0.1, -0.05) is 24.3 Å². The number of ether oxygens (including phenoxy) is 4. The third-order valence-electron chi connectivity index (χ3n) is 6.70. The molecule has 0 spiro atoms. The van der Waals surface area contributed by atoms with Gasteiger partial charge in [0.15, 0.2) is 11.5 Å². The lowest BCUT2D eigenvalue weighted by Crippen LogP contribution is -2.28. The molecule has 1 aliphatic rings. The van der Waals surface area contributed by atoms with Crippen molar-refractivity contribution in [2.75, 3.05) is 28.4 Å². The fraction of sp³-hybridized carbons (Fsp3) is 0.333. The minimum Gasteiger partial charge on any atom is -0.493 e. The summed E-state index contributed by atoms with van der Waals surface area (Å²) in [5.74, 6) is 0.661. The van der Waals surface area contributed by atoms with Crippen molar-refractivity contribution in [3.8, 4) is 22.6 Å². The number of hydrogen-bond acceptors (Lipinski definition) is 6. The molecule has 0 heterocycles. The van der Waals surface area contributed by atoms with Crippen molar-refractivity contribution in [2.24, 2.45) is 0 Å². The maximum absolute atomic E-state index is 12.2. The molecular weight excluding hydrogens is 420 g/mol. The summed E-state index contributed by atoms with van der Waals surface area (Å²) in [6.07, 6.45) is 1.42. The zero-order chi connectivity index (χ0) is 23.6. The second-order valence-corrected chi connectivity index (χ2v) is 8.23. The predicted octanol–water partition coefficient (Wildman–Crippen LogP) is 5.03. The van der Waals surface area contributed by atoms with Gasteiger partial charge in [-0.3, -0.25) is 9.59 Å². The van der Waals surface area contributed by atoms with E-state index in [1.807, 2.05) is 24.3 Å². The summed E-state index contributed by atoms with van der Waals surface area (Å²) >= 11 is 0. The van der Waals surface area contributed by atoms with Crippen LogP contribution in [-0.4, -0.2) is 40.4 Å². The highest BCUT2D eigenvalue weighted by Gasteiger charge is 2.44. The van der Waals surface area contributed by atoms with Gasteiger partial charge in [0.25, 0.3) is 0 Å². The molecule has 0 aliphatic heterocycles. The highest BCUT2D eigenvalue weighted by molar-refractivity contribution is 5.94. The number of carbonyl (C=O) groups excluding carboxylic acids is 2. The Morgan fingerprint density at radius 2 is 1.18 bits per heavy atom. The van der Waals surface area contributed by atoms with Gasteiger partial charge in [0.05, 0.1) is 28.4 Å². The lowest BCUT2D eigenvalue weighted by molar-refractivity contribution is -0.141. The molecule has 172 valence electrons. The Kier molecular flexibility index (Phi) is 6.27. The fourth-order valence-corrected chi connectivity index (χ4v) is 5.00. The van der Waals surface area contributed by atoms with Crippen LogP contribution in [0.2, 0.25) is 0 Å². The lowest BCUT2D eigenvalue weighted by atomic mass is 9.71. The van der Waals surface area contributed by atoms with Crippen LogP contribution in [-0.2, 0) is 24.5 Å². The van der Waals surface area contributed by atoms with E-state index in [1.54, 1.807) is 14.2 Å². The SMILES string of the molecule is COC(=O)CCC1(CCC(=O)OC)c2cc(OC)c(OC)cc2-c2cc3ccccc3cc21. The highest BCUT2D eigenvalue weighted by atomic mass is 16.5. The van der Waals surface area contributed by atoms with Crippen molar-refractivity contribution in [3.63, 3.8) is 0 Å². The van der Waals surface area contributed by atoms with Crippen molar-refractivity contribution in [1.29, 1.82) is 0 Å². The monoisotopic (exact) mass is 448 g/mol. The summed E-state index contributed by atoms with van der Waals surface area (Å²) in [7, 11) is 6.00. The number of fused-ring (bicyclic) bond motifs is 4. The van der Waals surface area contributed by atoms with E-state index < -0.39 is 5.41 Å². The summed E-state index contributed by atoms with van der Waals surface area (Å²) in [6, 6.07) is 16.5. The molecule has 0 aromatic heterocycles. The molecule has 1 aliphatic carbocycles. The first kappa shape index (κ1) is 22.6. The molecule has 0 saturated carbocycles. The van der Waals surface area contributed by atoms with E-state index in [4.69, 9.17) is 18.9 Å². The zero-order valence-corrected chi connectivity index (χ0v) is 19.4. The average Bonchev–Trinajstić information content (AvgIpc) is 3.11. The number of hydrogen-bond donors (Lipinski definition) is 0. The molecule has 0 N–H and O–H groups in total. The van der Waals surface area contributed by atoms with Gasteiger partial charge in [-0.2, -0.15) is 0 Å². The molecule has 3 aromatic rings. The van der Waals surface area contributed by atoms with Crippen LogP contribution < -0.4 is 9.47 Å². The smallest absolute Gasteiger partial charge is 0.305 e. The quantitative estimate of drug-likeness (QED) is 0.450. The predicted molar refractivity (Wildman–Crippen MR) is 126 cm³/mol. The van der Waals surface area contributed by atoms with Gasteiger partial charge in [0.1, 0.15) is 0 Å². The van der Waals surface area contributed by atoms with Crippen LogP contribution in [0.1, 0.15) is 36.8 Å². The molecule has 0 unspecified atom stereocenters. The van der Waals surface area contributed by atoms with E-state index in [1.165, 1.54) is 14.2 Å². The number of esters is 2. The molecule has 0 bridgehead atoms. The normalized spacial score (nSPS) is 13.2. The molecule has 0 radical (unpaired) electrons. The van der Waals surface area contributed by atoms with Crippen molar-refractivity contribution in [1.82, 2.24) is 0 Å².